The molecule has 0 atom stereocenters. The van der Waals surface area contributed by atoms with Crippen LogP contribution in [0.4, 0.5) is 5.69 Å². The van der Waals surface area contributed by atoms with Crippen LogP contribution in [-0.4, -0.2) is 28.4 Å². The lowest BCUT2D eigenvalue weighted by Gasteiger charge is -2.36. The summed E-state index contributed by atoms with van der Waals surface area (Å²) in [5.41, 5.74) is 0.686. The summed E-state index contributed by atoms with van der Waals surface area (Å²) < 4.78 is 0. The monoisotopic (exact) mass is 390 g/mol. The number of aryl methyl sites for hydroxylation is 1. The Kier molecular flexibility index (Phi) is 5.03. The fraction of sp³-hybridized carbons (Fsp3) is 0.167. The lowest BCUT2D eigenvalue weighted by atomic mass is 10.1. The van der Waals surface area contributed by atoms with Gasteiger partial charge in [0.1, 0.15) is 5.57 Å². The summed E-state index contributed by atoms with van der Waals surface area (Å²) in [5.74, 6) is -0.790. The van der Waals surface area contributed by atoms with Crippen LogP contribution < -0.4 is 4.90 Å². The van der Waals surface area contributed by atoms with Crippen molar-refractivity contribution in [3.05, 3.63) is 56.7 Å². The van der Waals surface area contributed by atoms with Gasteiger partial charge in [-0.3, -0.25) is 19.4 Å². The molecule has 1 aromatic heterocycles. The Morgan fingerprint density at radius 3 is 2.36 bits per heavy atom. The minimum absolute atomic E-state index is 0.104. The van der Waals surface area contributed by atoms with Gasteiger partial charge in [-0.05, 0) is 68.5 Å². The van der Waals surface area contributed by atoms with E-state index in [1.54, 1.807) is 30.3 Å². The zero-order valence-corrected chi connectivity index (χ0v) is 16.0. The summed E-state index contributed by atoms with van der Waals surface area (Å²) in [5, 5.41) is 0.742. The van der Waals surface area contributed by atoms with E-state index >= 15 is 0 Å². The molecular weight excluding hydrogens is 376 g/mol. The molecule has 1 fully saturated rings. The van der Waals surface area contributed by atoms with Crippen LogP contribution in [0.1, 0.15) is 16.7 Å². The Morgan fingerprint density at radius 2 is 1.80 bits per heavy atom. The Morgan fingerprint density at radius 1 is 1.12 bits per heavy atom. The standard InChI is InChI=1S/C18H15ClN2O2S2/c1-3-20-16(22)15(10-14-9-4-11(2)25-14)17(23)21(18(20)24)13-7-5-12(19)6-8-13/h4-10H,3H2,1-2H3/b15-10-. The van der Waals surface area contributed by atoms with E-state index in [2.05, 4.69) is 0 Å². The van der Waals surface area contributed by atoms with Crippen molar-refractivity contribution in [3.63, 3.8) is 0 Å². The van der Waals surface area contributed by atoms with Gasteiger partial charge in [0.05, 0.1) is 5.69 Å². The maximum Gasteiger partial charge on any atom is 0.270 e. The Balaban J connectivity index is 2.08. The number of likely N-dealkylation sites (N-methyl/N-ethyl adjacent to an activating group) is 1. The van der Waals surface area contributed by atoms with Crippen LogP contribution in [0.5, 0.6) is 0 Å². The molecule has 0 radical (unpaired) electrons. The fourth-order valence-corrected chi connectivity index (χ4v) is 3.89. The van der Waals surface area contributed by atoms with Crippen LogP contribution >= 0.6 is 35.2 Å². The minimum atomic E-state index is -0.423. The number of nitrogens with zero attached hydrogens (tertiary/aromatic N) is 2. The van der Waals surface area contributed by atoms with Crippen molar-refractivity contribution in [1.82, 2.24) is 4.90 Å². The average molecular weight is 391 g/mol. The molecule has 0 aliphatic carbocycles. The number of carbonyl (C=O) groups excluding carboxylic acids is 2. The number of thiophene rings is 1. The number of thiocarbonyl (C=S) groups is 1. The molecule has 25 heavy (non-hydrogen) atoms. The van der Waals surface area contributed by atoms with Gasteiger partial charge in [-0.2, -0.15) is 0 Å². The first-order valence-corrected chi connectivity index (χ1v) is 9.26. The first kappa shape index (κ1) is 17.8. The predicted octanol–water partition coefficient (Wildman–Crippen LogP) is 4.27. The second-order valence-corrected chi connectivity index (χ2v) is 7.58. The molecule has 4 nitrogen and oxygen atoms in total. The van der Waals surface area contributed by atoms with Crippen LogP contribution in [0.25, 0.3) is 6.08 Å². The first-order chi connectivity index (χ1) is 11.9. The van der Waals surface area contributed by atoms with Gasteiger partial charge in [-0.25, -0.2) is 0 Å². The maximum atomic E-state index is 13.0. The third-order valence-corrected chi connectivity index (χ3v) is 5.38. The topological polar surface area (TPSA) is 40.6 Å². The summed E-state index contributed by atoms with van der Waals surface area (Å²) in [6.45, 7) is 4.19. The van der Waals surface area contributed by atoms with Crippen molar-refractivity contribution in [2.75, 3.05) is 11.4 Å². The second kappa shape index (κ2) is 7.07. The normalized spacial score (nSPS) is 16.9. The number of rotatable bonds is 3. The van der Waals surface area contributed by atoms with Crippen molar-refractivity contribution in [3.8, 4) is 0 Å². The van der Waals surface area contributed by atoms with Gasteiger partial charge in [0.25, 0.3) is 11.8 Å². The molecule has 1 aliphatic heterocycles. The third kappa shape index (κ3) is 3.38. The molecular formula is C18H15ClN2O2S2. The van der Waals surface area contributed by atoms with Gasteiger partial charge in [-0.1, -0.05) is 11.6 Å². The summed E-state index contributed by atoms with van der Waals surface area (Å²) in [6, 6.07) is 10.6. The van der Waals surface area contributed by atoms with Gasteiger partial charge in [0, 0.05) is 21.3 Å². The molecule has 7 heteroatoms. The van der Waals surface area contributed by atoms with Gasteiger partial charge in [0.15, 0.2) is 5.11 Å². The lowest BCUT2D eigenvalue weighted by Crippen LogP contribution is -2.56. The average Bonchev–Trinajstić information content (AvgIpc) is 2.99. The number of anilines is 1. The zero-order valence-electron chi connectivity index (χ0n) is 13.7. The van der Waals surface area contributed by atoms with Gasteiger partial charge >= 0.3 is 0 Å². The van der Waals surface area contributed by atoms with Crippen molar-refractivity contribution in [2.45, 2.75) is 13.8 Å². The van der Waals surface area contributed by atoms with Crippen LogP contribution in [0.15, 0.2) is 42.0 Å². The van der Waals surface area contributed by atoms with E-state index in [4.69, 9.17) is 23.8 Å². The van der Waals surface area contributed by atoms with E-state index in [0.717, 1.165) is 9.75 Å². The Bertz CT molecular complexity index is 887. The van der Waals surface area contributed by atoms with E-state index < -0.39 is 5.91 Å². The van der Waals surface area contributed by atoms with Crippen molar-refractivity contribution in [2.24, 2.45) is 0 Å². The molecule has 1 saturated heterocycles. The van der Waals surface area contributed by atoms with E-state index in [0.29, 0.717) is 17.3 Å². The molecule has 0 unspecified atom stereocenters. The van der Waals surface area contributed by atoms with Crippen molar-refractivity contribution < 1.29 is 9.59 Å². The summed E-state index contributed by atoms with van der Waals surface area (Å²) in [6.07, 6.45) is 1.63. The molecule has 0 N–H and O–H groups in total. The molecule has 128 valence electrons. The molecule has 0 saturated carbocycles. The summed E-state index contributed by atoms with van der Waals surface area (Å²) in [7, 11) is 0. The van der Waals surface area contributed by atoms with Crippen molar-refractivity contribution >= 4 is 63.8 Å². The number of hydrogen-bond donors (Lipinski definition) is 0. The lowest BCUT2D eigenvalue weighted by molar-refractivity contribution is -0.127. The highest BCUT2D eigenvalue weighted by atomic mass is 35.5. The number of halogens is 1. The van der Waals surface area contributed by atoms with Crippen molar-refractivity contribution in [1.29, 1.82) is 0 Å². The summed E-state index contributed by atoms with van der Waals surface area (Å²) >= 11 is 12.8. The highest BCUT2D eigenvalue weighted by Gasteiger charge is 2.39. The molecule has 1 aliphatic rings. The SMILES string of the molecule is CCN1C(=O)/C(=C/c2ccc(C)s2)C(=O)N(c2ccc(Cl)cc2)C1=S. The Hall–Kier alpha value is -2.02. The maximum absolute atomic E-state index is 13.0. The minimum Gasteiger partial charge on any atom is -0.285 e. The quantitative estimate of drug-likeness (QED) is 0.446. The van der Waals surface area contributed by atoms with Crippen LogP contribution in [0, 0.1) is 6.92 Å². The van der Waals surface area contributed by atoms with E-state index in [9.17, 15) is 9.59 Å². The van der Waals surface area contributed by atoms with E-state index in [-0.39, 0.29) is 16.6 Å². The molecule has 0 spiro atoms. The second-order valence-electron chi connectivity index (χ2n) is 5.46. The molecule has 3 rings (SSSR count). The van der Waals surface area contributed by atoms with Gasteiger partial charge in [0.2, 0.25) is 0 Å². The molecule has 0 bridgehead atoms. The zero-order chi connectivity index (χ0) is 18.1. The van der Waals surface area contributed by atoms with E-state index in [1.165, 1.54) is 21.1 Å². The molecule has 2 heterocycles. The molecule has 2 amide bonds. The molecule has 2 aromatic rings. The Labute approximate surface area is 160 Å². The predicted molar refractivity (Wildman–Crippen MR) is 106 cm³/mol. The summed E-state index contributed by atoms with van der Waals surface area (Å²) in [4.78, 5) is 30.5. The van der Waals surface area contributed by atoms with E-state index in [1.807, 2.05) is 26.0 Å². The van der Waals surface area contributed by atoms with Crippen LogP contribution in [0.3, 0.4) is 0 Å². The smallest absolute Gasteiger partial charge is 0.270 e. The third-order valence-electron chi connectivity index (χ3n) is 3.78. The number of hydrogen-bond acceptors (Lipinski definition) is 4. The fourth-order valence-electron chi connectivity index (χ4n) is 2.55. The number of benzene rings is 1. The van der Waals surface area contributed by atoms with Crippen LogP contribution in [-0.2, 0) is 9.59 Å². The first-order valence-electron chi connectivity index (χ1n) is 7.66. The molecule has 1 aromatic carbocycles. The number of amides is 2. The highest BCUT2D eigenvalue weighted by Crippen LogP contribution is 2.28. The van der Waals surface area contributed by atoms with Gasteiger partial charge < -0.3 is 0 Å². The largest absolute Gasteiger partial charge is 0.285 e. The van der Waals surface area contributed by atoms with Crippen LogP contribution in [0.2, 0.25) is 5.02 Å². The van der Waals surface area contributed by atoms with Gasteiger partial charge in [-0.15, -0.1) is 11.3 Å². The highest BCUT2D eigenvalue weighted by molar-refractivity contribution is 7.80. The number of carbonyl (C=O) groups is 2.